The summed E-state index contributed by atoms with van der Waals surface area (Å²) in [4.78, 5) is 52.5. The number of methoxy groups -OCH3 is 1. The third kappa shape index (κ3) is 8.03. The molecule has 1 saturated heterocycles. The number of hydrogen-bond acceptors (Lipinski definition) is 6. The largest absolute Gasteiger partial charge is 0.467 e. The molecule has 2 rings (SSSR count). The Labute approximate surface area is 212 Å². The van der Waals surface area contributed by atoms with Crippen LogP contribution in [0.1, 0.15) is 80.1 Å². The molecule has 3 amide bonds. The molecule has 0 spiro atoms. The molecule has 3 atom stereocenters. The Hall–Kier alpha value is -2.46. The first-order chi connectivity index (χ1) is 16.4. The minimum Gasteiger partial charge on any atom is -0.467 e. The highest BCUT2D eigenvalue weighted by Crippen LogP contribution is 2.35. The molecule has 0 bridgehead atoms. The molecular weight excluding hydrogens is 476 g/mol. The highest BCUT2D eigenvalue weighted by Gasteiger charge is 2.53. The Bertz CT molecular complexity index is 831. The number of hydrogen-bond donors (Lipinski definition) is 2. The molecule has 36 heavy (non-hydrogen) atoms. The van der Waals surface area contributed by atoms with E-state index in [0.717, 1.165) is 31.3 Å². The van der Waals surface area contributed by atoms with Gasteiger partial charge >= 0.3 is 12.1 Å². The number of nitrogens with zero attached hydrogens (tertiary/aromatic N) is 1. The van der Waals surface area contributed by atoms with Crippen LogP contribution in [0.15, 0.2) is 0 Å². The fourth-order valence-corrected chi connectivity index (χ4v) is 4.74. The van der Waals surface area contributed by atoms with E-state index < -0.39 is 71.9 Å². The van der Waals surface area contributed by atoms with Gasteiger partial charge in [-0.2, -0.15) is 0 Å². The van der Waals surface area contributed by atoms with E-state index in [2.05, 4.69) is 15.4 Å². The summed E-state index contributed by atoms with van der Waals surface area (Å²) in [6, 6.07) is -3.64. The zero-order chi connectivity index (χ0) is 27.5. The van der Waals surface area contributed by atoms with Gasteiger partial charge in [0.1, 0.15) is 23.7 Å². The van der Waals surface area contributed by atoms with Crippen LogP contribution < -0.4 is 10.6 Å². The Kier molecular flexibility index (Phi) is 9.34. The van der Waals surface area contributed by atoms with E-state index in [1.807, 2.05) is 0 Å². The van der Waals surface area contributed by atoms with Crippen molar-refractivity contribution < 1.29 is 37.4 Å². The summed E-state index contributed by atoms with van der Waals surface area (Å²) in [5.74, 6) is -5.76. The quantitative estimate of drug-likeness (QED) is 0.522. The summed E-state index contributed by atoms with van der Waals surface area (Å²) in [7, 11) is 1.07. The van der Waals surface area contributed by atoms with Gasteiger partial charge in [0.2, 0.25) is 11.8 Å². The minimum absolute atomic E-state index is 0.166. The van der Waals surface area contributed by atoms with Gasteiger partial charge in [0, 0.05) is 6.42 Å². The first kappa shape index (κ1) is 29.8. The normalized spacial score (nSPS) is 22.4. The number of amides is 3. The second-order valence-electron chi connectivity index (χ2n) is 11.9. The summed E-state index contributed by atoms with van der Waals surface area (Å²) in [5, 5.41) is 5.37. The highest BCUT2D eigenvalue weighted by molar-refractivity contribution is 5.94. The molecule has 2 fully saturated rings. The van der Waals surface area contributed by atoms with Gasteiger partial charge in [-0.1, -0.05) is 40.0 Å². The Balaban J connectivity index is 2.30. The molecule has 0 aromatic rings. The van der Waals surface area contributed by atoms with Gasteiger partial charge in [-0.15, -0.1) is 0 Å². The molecule has 3 unspecified atom stereocenters. The Morgan fingerprint density at radius 3 is 2.06 bits per heavy atom. The van der Waals surface area contributed by atoms with Crippen LogP contribution in [-0.2, 0) is 23.9 Å². The van der Waals surface area contributed by atoms with Crippen LogP contribution in [0.4, 0.5) is 13.6 Å². The van der Waals surface area contributed by atoms with E-state index >= 15 is 0 Å². The number of likely N-dealkylation sites (tertiary alicyclic amines) is 1. The van der Waals surface area contributed by atoms with E-state index in [-0.39, 0.29) is 5.92 Å². The van der Waals surface area contributed by atoms with Crippen molar-refractivity contribution >= 4 is 23.9 Å². The molecule has 0 aromatic heterocycles. The number of alkyl carbamates (subject to hydrolysis) is 1. The van der Waals surface area contributed by atoms with E-state index in [0.29, 0.717) is 12.8 Å². The smallest absolute Gasteiger partial charge is 0.408 e. The topological polar surface area (TPSA) is 114 Å². The van der Waals surface area contributed by atoms with Crippen LogP contribution >= 0.6 is 0 Å². The van der Waals surface area contributed by atoms with E-state index in [4.69, 9.17) is 4.74 Å². The lowest BCUT2D eigenvalue weighted by molar-refractivity contribution is -0.153. The van der Waals surface area contributed by atoms with Gasteiger partial charge in [-0.05, 0) is 44.9 Å². The maximum Gasteiger partial charge on any atom is 0.408 e. The average molecular weight is 518 g/mol. The van der Waals surface area contributed by atoms with Crippen molar-refractivity contribution in [1.29, 1.82) is 0 Å². The number of alkyl halides is 2. The summed E-state index contributed by atoms with van der Waals surface area (Å²) < 4.78 is 38.4. The van der Waals surface area contributed by atoms with Crippen molar-refractivity contribution in [3.63, 3.8) is 0 Å². The molecule has 9 nitrogen and oxygen atoms in total. The van der Waals surface area contributed by atoms with Crippen LogP contribution in [0.2, 0.25) is 0 Å². The van der Waals surface area contributed by atoms with Crippen molar-refractivity contribution in [3.05, 3.63) is 0 Å². The zero-order valence-electron chi connectivity index (χ0n) is 22.4. The third-order valence-electron chi connectivity index (χ3n) is 6.50. The highest BCUT2D eigenvalue weighted by atomic mass is 19.3. The maximum atomic E-state index is 14.2. The number of rotatable bonds is 6. The van der Waals surface area contributed by atoms with Gasteiger partial charge in [-0.3, -0.25) is 9.59 Å². The number of halogens is 2. The van der Waals surface area contributed by atoms with E-state index in [1.165, 1.54) is 0 Å². The number of carbonyl (C=O) groups excluding carboxylic acids is 4. The van der Waals surface area contributed by atoms with Crippen LogP contribution in [-0.4, -0.2) is 72.1 Å². The molecule has 2 aliphatic rings. The van der Waals surface area contributed by atoms with Gasteiger partial charge in [0.05, 0.1) is 13.7 Å². The first-order valence-electron chi connectivity index (χ1n) is 12.5. The van der Waals surface area contributed by atoms with E-state index in [9.17, 15) is 28.0 Å². The van der Waals surface area contributed by atoms with Gasteiger partial charge in [0.25, 0.3) is 5.92 Å². The number of nitrogens with one attached hydrogen (secondary N) is 2. The van der Waals surface area contributed by atoms with Crippen LogP contribution in [0.25, 0.3) is 0 Å². The van der Waals surface area contributed by atoms with Crippen molar-refractivity contribution in [1.82, 2.24) is 15.5 Å². The summed E-state index contributed by atoms with van der Waals surface area (Å²) >= 11 is 0. The second-order valence-corrected chi connectivity index (χ2v) is 11.9. The van der Waals surface area contributed by atoms with Crippen molar-refractivity contribution in [2.24, 2.45) is 11.3 Å². The molecule has 1 aliphatic heterocycles. The molecule has 1 heterocycles. The molecule has 206 valence electrons. The lowest BCUT2D eigenvalue weighted by Gasteiger charge is -2.37. The molecule has 0 radical (unpaired) electrons. The lowest BCUT2D eigenvalue weighted by atomic mass is 9.82. The zero-order valence-corrected chi connectivity index (χ0v) is 22.4. The van der Waals surface area contributed by atoms with Crippen molar-refractivity contribution in [3.8, 4) is 0 Å². The standard InChI is InChI=1S/C25H41F2N3O6/c1-23(2,3)18(20(32)30-14-25(26,27)13-16(30)21(33)35-7)29-19(31)17(15-11-9-8-10-12-15)28-22(34)36-24(4,5)6/h15-18H,8-14H2,1-7H3,(H,28,34)(H,29,31). The number of carbonyl (C=O) groups is 4. The first-order valence-corrected chi connectivity index (χ1v) is 12.5. The predicted octanol–water partition coefficient (Wildman–Crippen LogP) is 3.40. The molecule has 11 heteroatoms. The summed E-state index contributed by atoms with van der Waals surface area (Å²) in [6.45, 7) is 9.24. The fourth-order valence-electron chi connectivity index (χ4n) is 4.74. The number of ether oxygens (including phenoxy) is 2. The second kappa shape index (κ2) is 11.3. The third-order valence-corrected chi connectivity index (χ3v) is 6.50. The lowest BCUT2D eigenvalue weighted by Crippen LogP contribution is -2.61. The molecule has 0 aromatic carbocycles. The minimum atomic E-state index is -3.26. The van der Waals surface area contributed by atoms with Gasteiger partial charge in [-0.25, -0.2) is 18.4 Å². The fraction of sp³-hybridized carbons (Fsp3) is 0.840. The molecule has 1 saturated carbocycles. The monoisotopic (exact) mass is 517 g/mol. The predicted molar refractivity (Wildman–Crippen MR) is 128 cm³/mol. The van der Waals surface area contributed by atoms with Crippen molar-refractivity contribution in [2.45, 2.75) is 110 Å². The van der Waals surface area contributed by atoms with Gasteiger partial charge in [0.15, 0.2) is 0 Å². The average Bonchev–Trinajstić information content (AvgIpc) is 3.08. The van der Waals surface area contributed by atoms with Crippen molar-refractivity contribution in [2.75, 3.05) is 13.7 Å². The van der Waals surface area contributed by atoms with Crippen LogP contribution in [0.5, 0.6) is 0 Å². The Morgan fingerprint density at radius 2 is 1.56 bits per heavy atom. The van der Waals surface area contributed by atoms with E-state index in [1.54, 1.807) is 41.5 Å². The molecular formula is C25H41F2N3O6. The molecule has 1 aliphatic carbocycles. The summed E-state index contributed by atoms with van der Waals surface area (Å²) in [6.07, 6.45) is 2.65. The van der Waals surface area contributed by atoms with Crippen LogP contribution in [0, 0.1) is 11.3 Å². The molecule has 2 N–H and O–H groups in total. The van der Waals surface area contributed by atoms with Gasteiger partial charge < -0.3 is 25.0 Å². The van der Waals surface area contributed by atoms with Crippen LogP contribution in [0.3, 0.4) is 0 Å². The maximum absolute atomic E-state index is 14.2. The Morgan fingerprint density at radius 1 is 0.972 bits per heavy atom. The SMILES string of the molecule is COC(=O)C1CC(F)(F)CN1C(=O)C(NC(=O)C(NC(=O)OC(C)(C)C)C1CCCCC1)C(C)(C)C. The summed E-state index contributed by atoms with van der Waals surface area (Å²) in [5.41, 5.74) is -1.65. The number of esters is 1.